The number of aliphatic carboxylic acids is 1. The zero-order valence-corrected chi connectivity index (χ0v) is 12.1. The Morgan fingerprint density at radius 2 is 2.10 bits per heavy atom. The summed E-state index contributed by atoms with van der Waals surface area (Å²) >= 11 is 1.02. The number of anilines is 1. The van der Waals surface area contributed by atoms with E-state index in [9.17, 15) is 17.6 Å². The molecule has 0 radical (unpaired) electrons. The molecule has 1 aromatic carbocycles. The van der Waals surface area contributed by atoms with Crippen LogP contribution in [-0.4, -0.2) is 19.5 Å². The Morgan fingerprint density at radius 3 is 2.67 bits per heavy atom. The number of sulfonamides is 1. The van der Waals surface area contributed by atoms with Gasteiger partial charge in [-0.2, -0.15) is 0 Å². The minimum Gasteiger partial charge on any atom is -0.478 e. The van der Waals surface area contributed by atoms with Crippen LogP contribution in [0.2, 0.25) is 0 Å². The van der Waals surface area contributed by atoms with Crippen LogP contribution < -0.4 is 4.72 Å². The molecular formula is C13H10FNO4S2. The van der Waals surface area contributed by atoms with Gasteiger partial charge >= 0.3 is 5.97 Å². The van der Waals surface area contributed by atoms with Gasteiger partial charge in [-0.25, -0.2) is 17.6 Å². The summed E-state index contributed by atoms with van der Waals surface area (Å²) in [7, 11) is -3.81. The highest BCUT2D eigenvalue weighted by molar-refractivity contribution is 7.94. The van der Waals surface area contributed by atoms with Gasteiger partial charge in [0.05, 0.1) is 5.69 Å². The van der Waals surface area contributed by atoms with Crippen LogP contribution in [0.15, 0.2) is 46.0 Å². The van der Waals surface area contributed by atoms with Gasteiger partial charge in [0, 0.05) is 6.08 Å². The van der Waals surface area contributed by atoms with E-state index in [0.717, 1.165) is 23.5 Å². The summed E-state index contributed by atoms with van der Waals surface area (Å²) in [5.41, 5.74) is 0.116. The number of hydrogen-bond acceptors (Lipinski definition) is 4. The first-order chi connectivity index (χ1) is 9.88. The maximum Gasteiger partial charge on any atom is 0.328 e. The summed E-state index contributed by atoms with van der Waals surface area (Å²) < 4.78 is 40.0. The molecule has 0 amide bonds. The van der Waals surface area contributed by atoms with Crippen LogP contribution in [0.3, 0.4) is 0 Å². The molecule has 21 heavy (non-hydrogen) atoms. The quantitative estimate of drug-likeness (QED) is 0.827. The number of carboxylic acid groups (broad SMARTS) is 1. The molecule has 110 valence electrons. The summed E-state index contributed by atoms with van der Waals surface area (Å²) in [5, 5.41) is 10.1. The van der Waals surface area contributed by atoms with E-state index in [1.807, 2.05) is 0 Å². The molecule has 2 rings (SSSR count). The van der Waals surface area contributed by atoms with Crippen LogP contribution >= 0.6 is 11.3 Å². The lowest BCUT2D eigenvalue weighted by Gasteiger charge is -2.07. The average molecular weight is 327 g/mol. The van der Waals surface area contributed by atoms with Gasteiger partial charge in [-0.05, 0) is 35.2 Å². The molecular weight excluding hydrogens is 317 g/mol. The fourth-order valence-electron chi connectivity index (χ4n) is 1.50. The van der Waals surface area contributed by atoms with Crippen LogP contribution in [0.4, 0.5) is 10.1 Å². The number of nitrogens with one attached hydrogen (secondary N) is 1. The van der Waals surface area contributed by atoms with Gasteiger partial charge in [0.15, 0.2) is 0 Å². The monoisotopic (exact) mass is 327 g/mol. The van der Waals surface area contributed by atoms with Crippen LogP contribution in [0.5, 0.6) is 0 Å². The maximum absolute atomic E-state index is 13.8. The van der Waals surface area contributed by atoms with Gasteiger partial charge in [0.2, 0.25) is 0 Å². The van der Waals surface area contributed by atoms with Crippen molar-refractivity contribution in [3.8, 4) is 0 Å². The second-order valence-corrected chi connectivity index (χ2v) is 6.81. The third kappa shape index (κ3) is 3.89. The van der Waals surface area contributed by atoms with Crippen molar-refractivity contribution in [3.05, 3.63) is 53.2 Å². The molecule has 1 aromatic heterocycles. The second-order valence-electron chi connectivity index (χ2n) is 3.95. The number of hydrogen-bond donors (Lipinski definition) is 2. The Morgan fingerprint density at radius 1 is 1.33 bits per heavy atom. The van der Waals surface area contributed by atoms with E-state index in [2.05, 4.69) is 4.72 Å². The molecule has 0 saturated carbocycles. The van der Waals surface area contributed by atoms with Crippen molar-refractivity contribution in [2.75, 3.05) is 4.72 Å². The molecule has 0 unspecified atom stereocenters. The molecule has 0 saturated heterocycles. The zero-order valence-electron chi connectivity index (χ0n) is 10.5. The summed E-state index contributed by atoms with van der Waals surface area (Å²) in [6.07, 6.45) is 2.08. The minimum atomic E-state index is -3.81. The molecule has 0 spiro atoms. The van der Waals surface area contributed by atoms with Crippen molar-refractivity contribution in [2.45, 2.75) is 4.21 Å². The highest BCUT2D eigenvalue weighted by atomic mass is 32.2. The topological polar surface area (TPSA) is 83.5 Å². The molecule has 0 aliphatic carbocycles. The van der Waals surface area contributed by atoms with Crippen LogP contribution in [0, 0.1) is 5.82 Å². The lowest BCUT2D eigenvalue weighted by molar-refractivity contribution is -0.131. The van der Waals surface area contributed by atoms with Gasteiger partial charge < -0.3 is 5.11 Å². The number of halogens is 1. The number of carboxylic acids is 1. The van der Waals surface area contributed by atoms with Gasteiger partial charge in [-0.15, -0.1) is 11.3 Å². The van der Waals surface area contributed by atoms with Crippen molar-refractivity contribution in [3.63, 3.8) is 0 Å². The van der Waals surface area contributed by atoms with E-state index in [0.29, 0.717) is 5.56 Å². The first-order valence-electron chi connectivity index (χ1n) is 5.65. The van der Waals surface area contributed by atoms with E-state index in [4.69, 9.17) is 5.11 Å². The summed E-state index contributed by atoms with van der Waals surface area (Å²) in [6, 6.07) is 6.69. The van der Waals surface area contributed by atoms with Gasteiger partial charge in [-0.3, -0.25) is 4.72 Å². The molecule has 0 aliphatic heterocycles. The first-order valence-corrected chi connectivity index (χ1v) is 8.01. The zero-order chi connectivity index (χ0) is 15.5. The van der Waals surface area contributed by atoms with Crippen molar-refractivity contribution in [1.29, 1.82) is 0 Å². The SMILES string of the molecule is O=C(O)C=Cc1ccc(NS(=O)(=O)c2cccs2)c(F)c1. The summed E-state index contributed by atoms with van der Waals surface area (Å²) in [5.74, 6) is -1.94. The minimum absolute atomic E-state index is 0.0803. The standard InChI is InChI=1S/C13H10FNO4S2/c14-10-8-9(4-6-12(16)17)3-5-11(10)15-21(18,19)13-2-1-7-20-13/h1-8,15H,(H,16,17). The van der Waals surface area contributed by atoms with Crippen LogP contribution in [0.25, 0.3) is 6.08 Å². The number of rotatable bonds is 5. The molecule has 1 heterocycles. The smallest absolute Gasteiger partial charge is 0.328 e. The van der Waals surface area contributed by atoms with Crippen molar-refractivity contribution >= 4 is 39.1 Å². The van der Waals surface area contributed by atoms with E-state index < -0.39 is 21.8 Å². The van der Waals surface area contributed by atoms with Crippen molar-refractivity contribution in [2.24, 2.45) is 0 Å². The molecule has 0 fully saturated rings. The number of benzene rings is 1. The fourth-order valence-corrected chi connectivity index (χ4v) is 3.56. The first kappa shape index (κ1) is 15.2. The highest BCUT2D eigenvalue weighted by Gasteiger charge is 2.17. The summed E-state index contributed by atoms with van der Waals surface area (Å²) in [4.78, 5) is 10.4. The normalized spacial score (nSPS) is 11.7. The predicted molar refractivity (Wildman–Crippen MR) is 78.2 cm³/mol. The Kier molecular flexibility index (Phi) is 4.39. The lowest BCUT2D eigenvalue weighted by atomic mass is 10.2. The Bertz CT molecular complexity index is 783. The highest BCUT2D eigenvalue weighted by Crippen LogP contribution is 2.23. The molecule has 0 atom stereocenters. The van der Waals surface area contributed by atoms with E-state index in [-0.39, 0.29) is 9.90 Å². The third-order valence-electron chi connectivity index (χ3n) is 2.42. The third-order valence-corrected chi connectivity index (χ3v) is 5.18. The summed E-state index contributed by atoms with van der Waals surface area (Å²) in [6.45, 7) is 0. The second kappa shape index (κ2) is 6.06. The van der Waals surface area contributed by atoms with Gasteiger partial charge in [-0.1, -0.05) is 12.1 Å². The van der Waals surface area contributed by atoms with E-state index in [1.54, 1.807) is 11.4 Å². The Labute approximate surface area is 124 Å². The van der Waals surface area contributed by atoms with E-state index in [1.165, 1.54) is 24.3 Å². The lowest BCUT2D eigenvalue weighted by Crippen LogP contribution is -2.12. The maximum atomic E-state index is 13.8. The fraction of sp³-hybridized carbons (Fsp3) is 0. The molecule has 2 aromatic rings. The largest absolute Gasteiger partial charge is 0.478 e. The Hall–Kier alpha value is -2.19. The van der Waals surface area contributed by atoms with Gasteiger partial charge in [0.25, 0.3) is 10.0 Å². The molecule has 5 nitrogen and oxygen atoms in total. The predicted octanol–water partition coefficient (Wildman–Crippen LogP) is 2.79. The van der Waals surface area contributed by atoms with Gasteiger partial charge in [0.1, 0.15) is 10.0 Å². The number of thiophene rings is 1. The van der Waals surface area contributed by atoms with Crippen LogP contribution in [-0.2, 0) is 14.8 Å². The van der Waals surface area contributed by atoms with E-state index >= 15 is 0 Å². The van der Waals surface area contributed by atoms with Crippen LogP contribution in [0.1, 0.15) is 5.56 Å². The molecule has 0 bridgehead atoms. The molecule has 8 heteroatoms. The average Bonchev–Trinajstić information content (AvgIpc) is 2.94. The van der Waals surface area contributed by atoms with Crippen molar-refractivity contribution < 1.29 is 22.7 Å². The number of carbonyl (C=O) groups is 1. The van der Waals surface area contributed by atoms with Crippen molar-refractivity contribution in [1.82, 2.24) is 0 Å². The molecule has 0 aliphatic rings. The Balaban J connectivity index is 2.24. The molecule has 2 N–H and O–H groups in total.